The lowest BCUT2D eigenvalue weighted by Gasteiger charge is -2.27. The molecule has 27 heavy (non-hydrogen) atoms. The molecule has 1 saturated heterocycles. The first-order chi connectivity index (χ1) is 13.0. The number of nitrogens with one attached hydrogen (secondary N) is 1. The fraction of sp³-hybridized carbons (Fsp3) is 0.0500. The van der Waals surface area contributed by atoms with Crippen LogP contribution in [0.1, 0.15) is 5.56 Å². The van der Waals surface area contributed by atoms with Crippen LogP contribution in [0.25, 0.3) is 6.08 Å². The Morgan fingerprint density at radius 1 is 1.15 bits per heavy atom. The fourth-order valence-corrected chi connectivity index (χ4v) is 3.76. The number of hydrogen-bond donors (Lipinski definition) is 1. The predicted octanol–water partition coefficient (Wildman–Crippen LogP) is 4.30. The molecule has 2 amide bonds. The van der Waals surface area contributed by atoms with Crippen LogP contribution in [0.15, 0.2) is 76.5 Å². The van der Waals surface area contributed by atoms with E-state index in [4.69, 9.17) is 23.8 Å². The van der Waals surface area contributed by atoms with Gasteiger partial charge in [-0.2, -0.15) is 0 Å². The summed E-state index contributed by atoms with van der Waals surface area (Å²) in [6.45, 7) is 3.85. The van der Waals surface area contributed by atoms with Crippen molar-refractivity contribution in [1.29, 1.82) is 0 Å². The van der Waals surface area contributed by atoms with E-state index in [1.165, 1.54) is 16.7 Å². The van der Waals surface area contributed by atoms with E-state index in [1.54, 1.807) is 12.2 Å². The Morgan fingerprint density at radius 2 is 1.85 bits per heavy atom. The zero-order valence-electron chi connectivity index (χ0n) is 14.1. The highest BCUT2D eigenvalue weighted by atomic mass is 35.5. The molecule has 3 rings (SSSR count). The molecule has 0 aliphatic carbocycles. The van der Waals surface area contributed by atoms with Crippen LogP contribution in [0.4, 0.5) is 0 Å². The van der Waals surface area contributed by atoms with E-state index in [-0.39, 0.29) is 17.2 Å². The van der Waals surface area contributed by atoms with Gasteiger partial charge in [-0.3, -0.25) is 19.8 Å². The number of rotatable bonds is 5. The smallest absolute Gasteiger partial charge is 0.265 e. The molecule has 0 atom stereocenters. The van der Waals surface area contributed by atoms with Crippen LogP contribution >= 0.6 is 35.6 Å². The number of carbonyl (C=O) groups excluding carboxylic acids is 2. The van der Waals surface area contributed by atoms with Gasteiger partial charge in [-0.1, -0.05) is 47.6 Å². The van der Waals surface area contributed by atoms with E-state index in [2.05, 4.69) is 11.9 Å². The van der Waals surface area contributed by atoms with Crippen LogP contribution in [0.5, 0.6) is 0 Å². The summed E-state index contributed by atoms with van der Waals surface area (Å²) in [6.07, 6.45) is 3.15. The number of nitrogens with zero attached hydrogens (tertiary/aromatic N) is 1. The molecule has 0 aromatic heterocycles. The van der Waals surface area contributed by atoms with Crippen molar-refractivity contribution >= 4 is 58.6 Å². The second-order valence-corrected chi connectivity index (χ2v) is 7.55. The number of amides is 2. The summed E-state index contributed by atoms with van der Waals surface area (Å²) >= 11 is 12.5. The Balaban J connectivity index is 1.95. The van der Waals surface area contributed by atoms with Gasteiger partial charge in [-0.25, -0.2) is 0 Å². The quantitative estimate of drug-likeness (QED) is 0.343. The average Bonchev–Trinajstić information content (AvgIpc) is 2.65. The highest BCUT2D eigenvalue weighted by molar-refractivity contribution is 7.99. The third-order valence-corrected chi connectivity index (χ3v) is 5.43. The molecule has 0 unspecified atom stereocenters. The molecule has 0 saturated carbocycles. The summed E-state index contributed by atoms with van der Waals surface area (Å²) in [4.78, 5) is 28.2. The summed E-state index contributed by atoms with van der Waals surface area (Å²) in [5.41, 5.74) is 0.803. The van der Waals surface area contributed by atoms with Crippen LogP contribution in [-0.4, -0.2) is 28.4 Å². The topological polar surface area (TPSA) is 49.4 Å². The highest BCUT2D eigenvalue weighted by Crippen LogP contribution is 2.32. The van der Waals surface area contributed by atoms with Crippen LogP contribution in [0, 0.1) is 0 Å². The summed E-state index contributed by atoms with van der Waals surface area (Å²) < 4.78 is 0. The number of carbonyl (C=O) groups is 2. The molecule has 7 heteroatoms. The predicted molar refractivity (Wildman–Crippen MR) is 113 cm³/mol. The van der Waals surface area contributed by atoms with Gasteiger partial charge in [0.15, 0.2) is 5.11 Å². The van der Waals surface area contributed by atoms with Gasteiger partial charge in [-0.15, -0.1) is 6.58 Å². The Kier molecular flexibility index (Phi) is 6.11. The molecule has 2 aromatic carbocycles. The van der Waals surface area contributed by atoms with Gasteiger partial charge in [-0.05, 0) is 54.2 Å². The van der Waals surface area contributed by atoms with Crippen LogP contribution in [-0.2, 0) is 9.59 Å². The molecule has 1 N–H and O–H groups in total. The number of benzene rings is 2. The molecule has 136 valence electrons. The molecule has 0 spiro atoms. The molecule has 1 aliphatic rings. The molecule has 4 nitrogen and oxygen atoms in total. The minimum absolute atomic E-state index is 0.0367. The van der Waals surface area contributed by atoms with Crippen molar-refractivity contribution in [3.05, 3.63) is 77.3 Å². The third-order valence-electron chi connectivity index (χ3n) is 3.76. The molecular weight excluding hydrogens is 400 g/mol. The molecule has 0 bridgehead atoms. The molecule has 0 radical (unpaired) electrons. The van der Waals surface area contributed by atoms with Gasteiger partial charge < -0.3 is 0 Å². The maximum Gasteiger partial charge on any atom is 0.265 e. The van der Waals surface area contributed by atoms with Gasteiger partial charge in [0.25, 0.3) is 11.8 Å². The standard InChI is InChI=1S/C20H15ClN2O2S2/c1-2-11-23-19(25)16(18(24)22-20(23)26)12-13-5-3-4-6-17(13)27-15-9-7-14(21)8-10-15/h2-10,12H,1,11H2,(H,22,24,26)/b16-12+. The Morgan fingerprint density at radius 3 is 2.56 bits per heavy atom. The Labute approximate surface area is 171 Å². The van der Waals surface area contributed by atoms with Crippen molar-refractivity contribution in [2.75, 3.05) is 6.54 Å². The second kappa shape index (κ2) is 8.52. The number of hydrogen-bond acceptors (Lipinski definition) is 4. The highest BCUT2D eigenvalue weighted by Gasteiger charge is 2.32. The van der Waals surface area contributed by atoms with Crippen molar-refractivity contribution in [2.24, 2.45) is 0 Å². The monoisotopic (exact) mass is 414 g/mol. The zero-order valence-corrected chi connectivity index (χ0v) is 16.5. The maximum absolute atomic E-state index is 12.7. The van der Waals surface area contributed by atoms with E-state index in [9.17, 15) is 9.59 Å². The van der Waals surface area contributed by atoms with Gasteiger partial charge in [0.1, 0.15) is 5.57 Å². The molecule has 2 aromatic rings. The van der Waals surface area contributed by atoms with E-state index in [0.29, 0.717) is 5.02 Å². The van der Waals surface area contributed by atoms with Gasteiger partial charge in [0, 0.05) is 21.4 Å². The Hall–Kier alpha value is -2.41. The summed E-state index contributed by atoms with van der Waals surface area (Å²) in [7, 11) is 0. The molecule has 1 fully saturated rings. The van der Waals surface area contributed by atoms with Crippen molar-refractivity contribution in [2.45, 2.75) is 9.79 Å². The first kappa shape index (κ1) is 19.4. The lowest BCUT2D eigenvalue weighted by molar-refractivity contribution is -0.128. The van der Waals surface area contributed by atoms with Crippen molar-refractivity contribution in [3.8, 4) is 0 Å². The second-order valence-electron chi connectivity index (χ2n) is 5.62. The van der Waals surface area contributed by atoms with Gasteiger partial charge in [0.2, 0.25) is 0 Å². The van der Waals surface area contributed by atoms with Crippen LogP contribution in [0.2, 0.25) is 5.02 Å². The van der Waals surface area contributed by atoms with E-state index < -0.39 is 11.8 Å². The lowest BCUT2D eigenvalue weighted by atomic mass is 10.1. The zero-order chi connectivity index (χ0) is 19.4. The molecule has 1 heterocycles. The van der Waals surface area contributed by atoms with Crippen molar-refractivity contribution in [3.63, 3.8) is 0 Å². The molecular formula is C20H15ClN2O2S2. The SMILES string of the molecule is C=CCN1C(=O)/C(=C/c2ccccc2Sc2ccc(Cl)cc2)C(=O)NC1=S. The number of thiocarbonyl (C=S) groups is 1. The minimum Gasteiger partial charge on any atom is -0.298 e. The van der Waals surface area contributed by atoms with Crippen molar-refractivity contribution < 1.29 is 9.59 Å². The maximum atomic E-state index is 12.7. The molecule has 1 aliphatic heterocycles. The largest absolute Gasteiger partial charge is 0.298 e. The number of halogens is 1. The Bertz CT molecular complexity index is 955. The van der Waals surface area contributed by atoms with Crippen LogP contribution in [0.3, 0.4) is 0 Å². The fourth-order valence-electron chi connectivity index (χ4n) is 2.47. The third kappa shape index (κ3) is 4.47. The average molecular weight is 415 g/mol. The lowest BCUT2D eigenvalue weighted by Crippen LogP contribution is -2.53. The first-order valence-corrected chi connectivity index (χ1v) is 9.62. The normalized spacial score (nSPS) is 15.8. The van der Waals surface area contributed by atoms with E-state index in [1.807, 2.05) is 48.5 Å². The summed E-state index contributed by atoms with van der Waals surface area (Å²) in [5.74, 6) is -0.938. The summed E-state index contributed by atoms with van der Waals surface area (Å²) in [6, 6.07) is 15.0. The van der Waals surface area contributed by atoms with Gasteiger partial charge in [0.05, 0.1) is 0 Å². The van der Waals surface area contributed by atoms with E-state index in [0.717, 1.165) is 15.4 Å². The van der Waals surface area contributed by atoms with Crippen LogP contribution < -0.4 is 5.32 Å². The van der Waals surface area contributed by atoms with Crippen molar-refractivity contribution in [1.82, 2.24) is 10.2 Å². The first-order valence-electron chi connectivity index (χ1n) is 8.02. The van der Waals surface area contributed by atoms with E-state index >= 15 is 0 Å². The summed E-state index contributed by atoms with van der Waals surface area (Å²) in [5, 5.41) is 3.30. The minimum atomic E-state index is -0.503. The van der Waals surface area contributed by atoms with Gasteiger partial charge >= 0.3 is 0 Å².